The van der Waals surface area contributed by atoms with Crippen molar-refractivity contribution in [1.82, 2.24) is 9.38 Å². The summed E-state index contributed by atoms with van der Waals surface area (Å²) in [6.07, 6.45) is 5.61. The molecule has 0 saturated heterocycles. The molecule has 1 saturated carbocycles. The molecule has 1 aliphatic carbocycles. The van der Waals surface area contributed by atoms with E-state index in [1.54, 1.807) is 42.1 Å². The summed E-state index contributed by atoms with van der Waals surface area (Å²) in [5.41, 5.74) is 1.26. The molecule has 0 bridgehead atoms. The molecule has 0 aliphatic heterocycles. The molecule has 9 heteroatoms. The van der Waals surface area contributed by atoms with Crippen LogP contribution in [0.3, 0.4) is 0 Å². The molecular formula is C25H28F2N2O5. The fourth-order valence-electron chi connectivity index (χ4n) is 3.98. The van der Waals surface area contributed by atoms with Gasteiger partial charge in [-0.1, -0.05) is 0 Å². The van der Waals surface area contributed by atoms with Gasteiger partial charge in [0.15, 0.2) is 5.78 Å². The van der Waals surface area contributed by atoms with Crippen LogP contribution in [0, 0.1) is 5.92 Å². The number of carbonyl (C=O) groups is 1. The first-order valence-electron chi connectivity index (χ1n) is 11.1. The maximum Gasteiger partial charge on any atom is 0.387 e. The van der Waals surface area contributed by atoms with Crippen molar-refractivity contribution in [2.75, 3.05) is 20.8 Å². The zero-order valence-corrected chi connectivity index (χ0v) is 19.6. The summed E-state index contributed by atoms with van der Waals surface area (Å²) >= 11 is 0. The average Bonchev–Trinajstić information content (AvgIpc) is 3.47. The SMILES string of the molecule is COCC(C)(C)Oc1ccn2c(-c3cc(OC)c(C(=O)CC4CC4)c(OC(F)F)c3)cnc2c1. The number of benzene rings is 1. The normalized spacial score (nSPS) is 14.0. The molecule has 7 nitrogen and oxygen atoms in total. The fraction of sp³-hybridized carbons (Fsp3) is 0.440. The van der Waals surface area contributed by atoms with Gasteiger partial charge in [0, 0.05) is 31.4 Å². The molecule has 1 aliphatic rings. The lowest BCUT2D eigenvalue weighted by molar-refractivity contribution is -0.0502. The number of ether oxygens (including phenoxy) is 4. The number of ketones is 1. The minimum atomic E-state index is -3.08. The van der Waals surface area contributed by atoms with E-state index in [1.807, 2.05) is 13.8 Å². The molecule has 0 unspecified atom stereocenters. The molecule has 2 aromatic heterocycles. The van der Waals surface area contributed by atoms with Crippen LogP contribution in [0.2, 0.25) is 0 Å². The van der Waals surface area contributed by atoms with E-state index < -0.39 is 12.2 Å². The Morgan fingerprint density at radius 3 is 2.59 bits per heavy atom. The number of aromatic nitrogens is 2. The number of rotatable bonds is 11. The molecule has 1 fully saturated rings. The predicted octanol–water partition coefficient (Wildman–Crippen LogP) is 5.40. The number of nitrogens with zero attached hydrogens (tertiary/aromatic N) is 2. The average molecular weight is 475 g/mol. The Morgan fingerprint density at radius 2 is 1.94 bits per heavy atom. The van der Waals surface area contributed by atoms with Crippen LogP contribution in [0.4, 0.5) is 8.78 Å². The summed E-state index contributed by atoms with van der Waals surface area (Å²) in [6.45, 7) is 1.17. The molecule has 0 radical (unpaired) electrons. The van der Waals surface area contributed by atoms with Gasteiger partial charge in [0.1, 0.15) is 34.1 Å². The fourth-order valence-corrected chi connectivity index (χ4v) is 3.98. The second kappa shape index (κ2) is 9.58. The summed E-state index contributed by atoms with van der Waals surface area (Å²) in [6, 6.07) is 6.65. The monoisotopic (exact) mass is 474 g/mol. The first-order valence-corrected chi connectivity index (χ1v) is 11.1. The molecule has 3 aromatic rings. The standard InChI is InChI=1S/C25H28F2N2O5/c1-25(2,14-31-3)34-17-7-8-29-18(13-28-22(29)12-17)16-10-20(32-4)23(19(30)9-15-5-6-15)21(11-16)33-24(26)27/h7-8,10-13,15,24H,5-6,9,14H2,1-4H3. The third-order valence-corrected chi connectivity index (χ3v) is 5.62. The first-order chi connectivity index (χ1) is 16.2. The third-order valence-electron chi connectivity index (χ3n) is 5.62. The van der Waals surface area contributed by atoms with Crippen molar-refractivity contribution in [1.29, 1.82) is 0 Å². The van der Waals surface area contributed by atoms with Gasteiger partial charge in [-0.2, -0.15) is 8.78 Å². The van der Waals surface area contributed by atoms with Crippen molar-refractivity contribution in [3.05, 3.63) is 42.2 Å². The number of hydrogen-bond donors (Lipinski definition) is 0. The van der Waals surface area contributed by atoms with Crippen LogP contribution in [0.25, 0.3) is 16.9 Å². The van der Waals surface area contributed by atoms with Gasteiger partial charge >= 0.3 is 6.61 Å². The summed E-state index contributed by atoms with van der Waals surface area (Å²) in [5, 5.41) is 0. The molecule has 0 spiro atoms. The number of imidazole rings is 1. The highest BCUT2D eigenvalue weighted by Gasteiger charge is 2.30. The van der Waals surface area contributed by atoms with Crippen LogP contribution in [-0.4, -0.2) is 48.2 Å². The van der Waals surface area contributed by atoms with Crippen LogP contribution >= 0.6 is 0 Å². The second-order valence-corrected chi connectivity index (χ2v) is 9.03. The molecule has 0 amide bonds. The molecule has 0 atom stereocenters. The van der Waals surface area contributed by atoms with Crippen LogP contribution in [0.15, 0.2) is 36.7 Å². The zero-order valence-electron chi connectivity index (χ0n) is 19.6. The summed E-state index contributed by atoms with van der Waals surface area (Å²) < 4.78 is 49.6. The van der Waals surface area contributed by atoms with E-state index in [4.69, 9.17) is 18.9 Å². The van der Waals surface area contributed by atoms with E-state index in [1.165, 1.54) is 13.2 Å². The minimum Gasteiger partial charge on any atom is -0.496 e. The molecule has 2 heterocycles. The Balaban J connectivity index is 1.73. The van der Waals surface area contributed by atoms with Gasteiger partial charge in [-0.05, 0) is 50.8 Å². The van der Waals surface area contributed by atoms with Crippen molar-refractivity contribution in [3.8, 4) is 28.5 Å². The largest absolute Gasteiger partial charge is 0.496 e. The van der Waals surface area contributed by atoms with Gasteiger partial charge in [0.05, 0.1) is 25.6 Å². The lowest BCUT2D eigenvalue weighted by atomic mass is 10.00. The number of fused-ring (bicyclic) bond motifs is 1. The topological polar surface area (TPSA) is 71.3 Å². The Labute approximate surface area is 196 Å². The second-order valence-electron chi connectivity index (χ2n) is 9.03. The van der Waals surface area contributed by atoms with E-state index in [2.05, 4.69) is 4.98 Å². The predicted molar refractivity (Wildman–Crippen MR) is 122 cm³/mol. The number of pyridine rings is 1. The highest BCUT2D eigenvalue weighted by Crippen LogP contribution is 2.40. The Bertz CT molecular complexity index is 1190. The quantitative estimate of drug-likeness (QED) is 0.347. The lowest BCUT2D eigenvalue weighted by Crippen LogP contribution is -2.33. The van der Waals surface area contributed by atoms with Gasteiger partial charge in [-0.3, -0.25) is 9.20 Å². The lowest BCUT2D eigenvalue weighted by Gasteiger charge is -2.25. The maximum absolute atomic E-state index is 13.2. The summed E-state index contributed by atoms with van der Waals surface area (Å²) in [7, 11) is 3.01. The molecule has 0 N–H and O–H groups in total. The van der Waals surface area contributed by atoms with E-state index in [0.29, 0.717) is 35.2 Å². The Kier molecular flexibility index (Phi) is 6.74. The number of methoxy groups -OCH3 is 2. The van der Waals surface area contributed by atoms with Gasteiger partial charge in [0.2, 0.25) is 0 Å². The van der Waals surface area contributed by atoms with Gasteiger partial charge in [-0.25, -0.2) is 4.98 Å². The maximum atomic E-state index is 13.2. The zero-order chi connectivity index (χ0) is 24.5. The summed E-state index contributed by atoms with van der Waals surface area (Å²) in [5.74, 6) is 0.633. The number of alkyl halides is 2. The van der Waals surface area contributed by atoms with Crippen molar-refractivity contribution in [3.63, 3.8) is 0 Å². The van der Waals surface area contributed by atoms with Gasteiger partial charge < -0.3 is 18.9 Å². The number of halogens is 2. The number of Topliss-reactive ketones (excluding diaryl/α,β-unsaturated/α-hetero) is 1. The summed E-state index contributed by atoms with van der Waals surface area (Å²) in [4.78, 5) is 17.3. The van der Waals surface area contributed by atoms with Gasteiger partial charge in [0.25, 0.3) is 0 Å². The Morgan fingerprint density at radius 1 is 1.21 bits per heavy atom. The molecule has 34 heavy (non-hydrogen) atoms. The molecule has 182 valence electrons. The highest BCUT2D eigenvalue weighted by atomic mass is 19.3. The first kappa shape index (κ1) is 23.9. The van der Waals surface area contributed by atoms with E-state index in [-0.39, 0.29) is 29.3 Å². The van der Waals surface area contributed by atoms with E-state index in [0.717, 1.165) is 12.8 Å². The van der Waals surface area contributed by atoms with Crippen molar-refractivity contribution in [2.24, 2.45) is 5.92 Å². The molecular weight excluding hydrogens is 446 g/mol. The van der Waals surface area contributed by atoms with Gasteiger partial charge in [-0.15, -0.1) is 0 Å². The van der Waals surface area contributed by atoms with Crippen LogP contribution < -0.4 is 14.2 Å². The third kappa shape index (κ3) is 5.30. The van der Waals surface area contributed by atoms with Crippen LogP contribution in [0.1, 0.15) is 43.5 Å². The minimum absolute atomic E-state index is 0.0448. The van der Waals surface area contributed by atoms with Crippen LogP contribution in [-0.2, 0) is 4.74 Å². The molecule has 1 aromatic carbocycles. The van der Waals surface area contributed by atoms with Crippen molar-refractivity contribution < 1.29 is 32.5 Å². The van der Waals surface area contributed by atoms with Crippen molar-refractivity contribution >= 4 is 11.4 Å². The van der Waals surface area contributed by atoms with E-state index >= 15 is 0 Å². The van der Waals surface area contributed by atoms with E-state index in [9.17, 15) is 13.6 Å². The number of hydrogen-bond acceptors (Lipinski definition) is 6. The highest BCUT2D eigenvalue weighted by molar-refractivity contribution is 6.02. The number of carbonyl (C=O) groups excluding carboxylic acids is 1. The Hall–Kier alpha value is -3.20. The molecule has 4 rings (SSSR count). The van der Waals surface area contributed by atoms with Crippen LogP contribution in [0.5, 0.6) is 17.2 Å². The van der Waals surface area contributed by atoms with Crippen molar-refractivity contribution in [2.45, 2.75) is 45.3 Å². The smallest absolute Gasteiger partial charge is 0.387 e.